The third kappa shape index (κ3) is 3.02. The molecule has 0 N–H and O–H groups in total. The van der Waals surface area contributed by atoms with Gasteiger partial charge in [0.2, 0.25) is 0 Å². The first-order chi connectivity index (χ1) is 3.18. The highest BCUT2D eigenvalue weighted by molar-refractivity contribution is 14.1. The van der Waals surface area contributed by atoms with Crippen molar-refractivity contribution in [1.29, 1.82) is 0 Å². The zero-order valence-electron chi connectivity index (χ0n) is 4.57. The fourth-order valence-electron chi connectivity index (χ4n) is 0.160. The molecule has 0 aliphatic heterocycles. The average molecular weight is 212 g/mol. The normalized spacial score (nSPS) is 13.6. The summed E-state index contributed by atoms with van der Waals surface area (Å²) in [6, 6.07) is 0. The summed E-state index contributed by atoms with van der Waals surface area (Å²) in [6.45, 7) is 3.95. The molecule has 0 radical (unpaired) electrons. The van der Waals surface area contributed by atoms with Crippen molar-refractivity contribution in [2.75, 3.05) is 0 Å². The molecule has 0 aromatic heterocycles. The van der Waals surface area contributed by atoms with Gasteiger partial charge >= 0.3 is 0 Å². The predicted molar refractivity (Wildman–Crippen MR) is 38.5 cm³/mol. The van der Waals surface area contributed by atoms with Gasteiger partial charge in [-0.25, -0.2) is 0 Å². The second-order valence-electron chi connectivity index (χ2n) is 1.61. The van der Waals surface area contributed by atoms with Gasteiger partial charge in [-0.05, 0) is 29.0 Å². The average Bonchev–Trinajstić information content (AvgIpc) is 1.65. The van der Waals surface area contributed by atoms with Crippen molar-refractivity contribution in [2.24, 2.45) is 5.92 Å². The van der Waals surface area contributed by atoms with Crippen LogP contribution >= 0.6 is 22.6 Å². The van der Waals surface area contributed by atoms with Gasteiger partial charge in [0.1, 0.15) is 0 Å². The maximum absolute atomic E-state index is 10.4. The Labute approximate surface area is 57.6 Å². The molecule has 0 amide bonds. The zero-order valence-corrected chi connectivity index (χ0v) is 6.73. The van der Waals surface area contributed by atoms with Crippen LogP contribution in [0.1, 0.15) is 20.3 Å². The van der Waals surface area contributed by atoms with Gasteiger partial charge in [-0.2, -0.15) is 0 Å². The molecule has 0 saturated carbocycles. The highest BCUT2D eigenvalue weighted by Crippen LogP contribution is 2.05. The Morgan fingerprint density at radius 2 is 2.29 bits per heavy atom. The Kier molecular flexibility index (Phi) is 3.60. The SMILES string of the molecule is CC[C@H](C)C(=O)I. The summed E-state index contributed by atoms with van der Waals surface area (Å²) in [5.41, 5.74) is 0. The van der Waals surface area contributed by atoms with E-state index in [-0.39, 0.29) is 9.71 Å². The molecule has 0 aromatic carbocycles. The summed E-state index contributed by atoms with van der Waals surface area (Å²) >= 11 is 1.83. The topological polar surface area (TPSA) is 17.1 Å². The van der Waals surface area contributed by atoms with E-state index < -0.39 is 0 Å². The third-order valence-electron chi connectivity index (χ3n) is 1.000. The van der Waals surface area contributed by atoms with Crippen molar-refractivity contribution in [3.05, 3.63) is 0 Å². The molecule has 0 aromatic rings. The van der Waals surface area contributed by atoms with E-state index >= 15 is 0 Å². The number of hydrogen-bond donors (Lipinski definition) is 0. The number of halogens is 1. The van der Waals surface area contributed by atoms with E-state index in [2.05, 4.69) is 0 Å². The van der Waals surface area contributed by atoms with Crippen LogP contribution in [-0.4, -0.2) is 3.79 Å². The Hall–Kier alpha value is 0.400. The van der Waals surface area contributed by atoms with E-state index in [0.29, 0.717) is 0 Å². The number of hydrogen-bond acceptors (Lipinski definition) is 1. The molecule has 1 atom stereocenters. The minimum atomic E-state index is 0.251. The molecule has 0 heterocycles. The summed E-state index contributed by atoms with van der Waals surface area (Å²) in [5.74, 6) is 0.251. The monoisotopic (exact) mass is 212 g/mol. The molecule has 7 heavy (non-hydrogen) atoms. The van der Waals surface area contributed by atoms with E-state index in [9.17, 15) is 4.79 Å². The molecular weight excluding hydrogens is 203 g/mol. The number of carbonyl (C=O) groups is 1. The third-order valence-corrected chi connectivity index (χ3v) is 2.06. The second kappa shape index (κ2) is 3.41. The lowest BCUT2D eigenvalue weighted by Crippen LogP contribution is -1.99. The van der Waals surface area contributed by atoms with Crippen molar-refractivity contribution in [3.8, 4) is 0 Å². The summed E-state index contributed by atoms with van der Waals surface area (Å²) in [6.07, 6.45) is 0.960. The minimum absolute atomic E-state index is 0.251. The van der Waals surface area contributed by atoms with Gasteiger partial charge in [0, 0.05) is 5.92 Å². The van der Waals surface area contributed by atoms with Gasteiger partial charge < -0.3 is 0 Å². The van der Waals surface area contributed by atoms with Gasteiger partial charge in [0.15, 0.2) is 3.79 Å². The standard InChI is InChI=1S/C5H9IO/c1-3-4(2)5(6)7/h4H,3H2,1-2H3/t4-/m0/s1. The van der Waals surface area contributed by atoms with Crippen molar-refractivity contribution in [2.45, 2.75) is 20.3 Å². The summed E-state index contributed by atoms with van der Waals surface area (Å²) in [7, 11) is 0. The predicted octanol–water partition coefficient (Wildman–Crippen LogP) is 1.99. The smallest absolute Gasteiger partial charge is 0.195 e. The Balaban J connectivity index is 3.34. The molecule has 0 bridgehead atoms. The van der Waals surface area contributed by atoms with E-state index in [0.717, 1.165) is 6.42 Å². The Morgan fingerprint density at radius 3 is 2.29 bits per heavy atom. The fourth-order valence-corrected chi connectivity index (χ4v) is 0.601. The van der Waals surface area contributed by atoms with Crippen LogP contribution in [0.4, 0.5) is 0 Å². The van der Waals surface area contributed by atoms with Gasteiger partial charge in [0.25, 0.3) is 0 Å². The molecule has 0 saturated heterocycles. The first-order valence-electron chi connectivity index (χ1n) is 2.37. The van der Waals surface area contributed by atoms with Crippen LogP contribution in [0.15, 0.2) is 0 Å². The van der Waals surface area contributed by atoms with E-state index in [4.69, 9.17) is 0 Å². The molecule has 2 heteroatoms. The van der Waals surface area contributed by atoms with Crippen LogP contribution in [-0.2, 0) is 4.79 Å². The van der Waals surface area contributed by atoms with Crippen LogP contribution in [0.25, 0.3) is 0 Å². The zero-order chi connectivity index (χ0) is 5.86. The number of rotatable bonds is 2. The van der Waals surface area contributed by atoms with Gasteiger partial charge in [-0.15, -0.1) is 0 Å². The lowest BCUT2D eigenvalue weighted by molar-refractivity contribution is -0.112. The molecular formula is C5H9IO. The van der Waals surface area contributed by atoms with Crippen LogP contribution in [0.2, 0.25) is 0 Å². The molecule has 1 nitrogen and oxygen atoms in total. The first-order valence-corrected chi connectivity index (χ1v) is 3.45. The summed E-state index contributed by atoms with van der Waals surface area (Å²) < 4.78 is 0.264. The first kappa shape index (κ1) is 7.40. The maximum atomic E-state index is 10.4. The molecule has 0 aliphatic carbocycles. The molecule has 42 valence electrons. The molecule has 0 rings (SSSR count). The number of carbonyl (C=O) groups excluding carboxylic acids is 1. The Morgan fingerprint density at radius 1 is 1.86 bits per heavy atom. The summed E-state index contributed by atoms with van der Waals surface area (Å²) in [5, 5.41) is 0. The molecule has 0 aliphatic rings. The fraction of sp³-hybridized carbons (Fsp3) is 0.800. The largest absolute Gasteiger partial charge is 0.288 e. The molecule has 0 fully saturated rings. The van der Waals surface area contributed by atoms with Crippen LogP contribution in [0.5, 0.6) is 0 Å². The van der Waals surface area contributed by atoms with Gasteiger partial charge in [-0.1, -0.05) is 13.8 Å². The van der Waals surface area contributed by atoms with Crippen LogP contribution < -0.4 is 0 Å². The second-order valence-corrected chi connectivity index (χ2v) is 2.68. The van der Waals surface area contributed by atoms with E-state index in [1.807, 2.05) is 36.4 Å². The summed E-state index contributed by atoms with van der Waals surface area (Å²) in [4.78, 5) is 10.4. The van der Waals surface area contributed by atoms with Crippen LogP contribution in [0.3, 0.4) is 0 Å². The highest BCUT2D eigenvalue weighted by Gasteiger charge is 2.03. The van der Waals surface area contributed by atoms with Crippen LogP contribution in [0, 0.1) is 5.92 Å². The highest BCUT2D eigenvalue weighted by atomic mass is 127. The van der Waals surface area contributed by atoms with E-state index in [1.165, 1.54) is 0 Å². The van der Waals surface area contributed by atoms with E-state index in [1.54, 1.807) is 0 Å². The minimum Gasteiger partial charge on any atom is -0.288 e. The van der Waals surface area contributed by atoms with Gasteiger partial charge in [-0.3, -0.25) is 4.79 Å². The van der Waals surface area contributed by atoms with Crippen molar-refractivity contribution >= 4 is 26.4 Å². The molecule has 0 unspecified atom stereocenters. The Bertz CT molecular complexity index is 70.5. The maximum Gasteiger partial charge on any atom is 0.195 e. The lowest BCUT2D eigenvalue weighted by Gasteiger charge is -1.96. The van der Waals surface area contributed by atoms with Crippen molar-refractivity contribution in [1.82, 2.24) is 0 Å². The van der Waals surface area contributed by atoms with Crippen molar-refractivity contribution in [3.63, 3.8) is 0 Å². The van der Waals surface area contributed by atoms with Crippen molar-refractivity contribution < 1.29 is 4.79 Å². The van der Waals surface area contributed by atoms with Gasteiger partial charge in [0.05, 0.1) is 0 Å². The quantitative estimate of drug-likeness (QED) is 0.505. The molecule has 0 spiro atoms. The lowest BCUT2D eigenvalue weighted by atomic mass is 10.2.